The Kier molecular flexibility index (Phi) is 6.73. The SMILES string of the molecule is C[C@@H](C(=O)N1CCCCC1)N1CC[C@H](NS(=O)(=O)c2ccsc2-c2ccc(Cl)s2)C1=O. The molecule has 2 atom stereocenters. The summed E-state index contributed by atoms with van der Waals surface area (Å²) in [6.07, 6.45) is 3.41. The highest BCUT2D eigenvalue weighted by Gasteiger charge is 2.40. The van der Waals surface area contributed by atoms with Crippen molar-refractivity contribution in [3.8, 4) is 9.75 Å². The van der Waals surface area contributed by atoms with E-state index in [0.29, 0.717) is 22.2 Å². The van der Waals surface area contributed by atoms with Gasteiger partial charge in [0.25, 0.3) is 0 Å². The molecule has 31 heavy (non-hydrogen) atoms. The van der Waals surface area contributed by atoms with Crippen LogP contribution in [0.3, 0.4) is 0 Å². The Labute approximate surface area is 195 Å². The summed E-state index contributed by atoms with van der Waals surface area (Å²) in [4.78, 5) is 30.6. The summed E-state index contributed by atoms with van der Waals surface area (Å²) in [5.41, 5.74) is 0. The van der Waals surface area contributed by atoms with Crippen LogP contribution in [-0.4, -0.2) is 61.7 Å². The molecule has 4 rings (SSSR count). The zero-order valence-electron chi connectivity index (χ0n) is 17.0. The molecular formula is C20H24ClN3O4S3. The molecule has 11 heteroatoms. The van der Waals surface area contributed by atoms with Gasteiger partial charge in [-0.25, -0.2) is 8.42 Å². The number of sulfonamides is 1. The second kappa shape index (κ2) is 9.19. The van der Waals surface area contributed by atoms with E-state index in [1.54, 1.807) is 24.4 Å². The number of hydrogen-bond acceptors (Lipinski definition) is 6. The first-order valence-electron chi connectivity index (χ1n) is 10.2. The number of carbonyl (C=O) groups excluding carboxylic acids is 2. The molecule has 4 heterocycles. The van der Waals surface area contributed by atoms with E-state index in [2.05, 4.69) is 4.72 Å². The molecule has 2 aliphatic heterocycles. The molecule has 168 valence electrons. The van der Waals surface area contributed by atoms with Crippen molar-refractivity contribution in [1.82, 2.24) is 14.5 Å². The van der Waals surface area contributed by atoms with Crippen LogP contribution in [0.4, 0.5) is 0 Å². The van der Waals surface area contributed by atoms with Gasteiger partial charge in [0.2, 0.25) is 21.8 Å². The zero-order chi connectivity index (χ0) is 22.2. The predicted octanol–water partition coefficient (Wildman–Crippen LogP) is 3.41. The number of amides is 2. The van der Waals surface area contributed by atoms with Crippen LogP contribution >= 0.6 is 34.3 Å². The fraction of sp³-hybridized carbons (Fsp3) is 0.500. The number of nitrogens with zero attached hydrogens (tertiary/aromatic N) is 2. The minimum absolute atomic E-state index is 0.0637. The summed E-state index contributed by atoms with van der Waals surface area (Å²) in [5.74, 6) is -0.413. The molecule has 0 radical (unpaired) electrons. The van der Waals surface area contributed by atoms with E-state index in [0.717, 1.165) is 37.2 Å². The minimum atomic E-state index is -3.91. The number of halogens is 1. The lowest BCUT2D eigenvalue weighted by Gasteiger charge is -2.32. The maximum Gasteiger partial charge on any atom is 0.245 e. The van der Waals surface area contributed by atoms with E-state index in [1.165, 1.54) is 33.6 Å². The monoisotopic (exact) mass is 501 g/mol. The molecular weight excluding hydrogens is 478 g/mol. The molecule has 0 aliphatic carbocycles. The zero-order valence-corrected chi connectivity index (χ0v) is 20.2. The van der Waals surface area contributed by atoms with Crippen molar-refractivity contribution in [2.45, 2.75) is 49.6 Å². The van der Waals surface area contributed by atoms with Crippen LogP contribution in [0, 0.1) is 0 Å². The number of hydrogen-bond donors (Lipinski definition) is 1. The number of rotatable bonds is 6. The van der Waals surface area contributed by atoms with Crippen LogP contribution in [0.1, 0.15) is 32.6 Å². The van der Waals surface area contributed by atoms with Crippen molar-refractivity contribution in [3.63, 3.8) is 0 Å². The van der Waals surface area contributed by atoms with Crippen LogP contribution in [-0.2, 0) is 19.6 Å². The molecule has 0 unspecified atom stereocenters. The van der Waals surface area contributed by atoms with Crippen LogP contribution in [0.2, 0.25) is 4.34 Å². The summed E-state index contributed by atoms with van der Waals surface area (Å²) in [7, 11) is -3.91. The van der Waals surface area contributed by atoms with Gasteiger partial charge in [-0.2, -0.15) is 4.72 Å². The summed E-state index contributed by atoms with van der Waals surface area (Å²) < 4.78 is 29.3. The topological polar surface area (TPSA) is 86.8 Å². The number of likely N-dealkylation sites (tertiary alicyclic amines) is 2. The van der Waals surface area contributed by atoms with E-state index in [-0.39, 0.29) is 16.7 Å². The average molecular weight is 502 g/mol. The molecule has 2 aromatic rings. The predicted molar refractivity (Wildman–Crippen MR) is 123 cm³/mol. The van der Waals surface area contributed by atoms with Gasteiger partial charge in [-0.1, -0.05) is 11.6 Å². The van der Waals surface area contributed by atoms with Crippen molar-refractivity contribution >= 4 is 56.1 Å². The molecule has 2 amide bonds. The number of nitrogens with one attached hydrogen (secondary N) is 1. The lowest BCUT2D eigenvalue weighted by molar-refractivity contribution is -0.143. The highest BCUT2D eigenvalue weighted by molar-refractivity contribution is 7.89. The van der Waals surface area contributed by atoms with Crippen molar-refractivity contribution in [2.24, 2.45) is 0 Å². The molecule has 1 N–H and O–H groups in total. The van der Waals surface area contributed by atoms with Gasteiger partial charge in [0.15, 0.2) is 0 Å². The van der Waals surface area contributed by atoms with Gasteiger partial charge in [0.1, 0.15) is 17.0 Å². The molecule has 2 saturated heterocycles. The maximum atomic E-state index is 13.1. The van der Waals surface area contributed by atoms with Gasteiger partial charge in [-0.3, -0.25) is 9.59 Å². The minimum Gasteiger partial charge on any atom is -0.341 e. The first-order chi connectivity index (χ1) is 14.8. The standard InChI is InChI=1S/C20H24ClN3O4S3/c1-13(19(25)23-9-3-2-4-10-23)24-11-7-14(20(24)26)22-31(27,28)16-8-12-29-18(16)15-5-6-17(21)30-15/h5-6,8,12-14,22H,2-4,7,9-11H2,1H3/t13-,14-/m0/s1. The van der Waals surface area contributed by atoms with Gasteiger partial charge in [0.05, 0.1) is 9.21 Å². The normalized spacial score (nSPS) is 21.0. The van der Waals surface area contributed by atoms with Crippen molar-refractivity contribution < 1.29 is 18.0 Å². The van der Waals surface area contributed by atoms with Crippen LogP contribution in [0.5, 0.6) is 0 Å². The molecule has 2 aromatic heterocycles. The van der Waals surface area contributed by atoms with Gasteiger partial charge < -0.3 is 9.80 Å². The molecule has 2 fully saturated rings. The number of thiophene rings is 2. The molecule has 0 aromatic carbocycles. The Morgan fingerprint density at radius 2 is 1.94 bits per heavy atom. The number of carbonyl (C=O) groups is 2. The third kappa shape index (κ3) is 4.68. The Morgan fingerprint density at radius 1 is 1.19 bits per heavy atom. The van der Waals surface area contributed by atoms with Gasteiger partial charge >= 0.3 is 0 Å². The molecule has 0 bridgehead atoms. The van der Waals surface area contributed by atoms with Gasteiger partial charge in [0, 0.05) is 24.5 Å². The second-order valence-electron chi connectivity index (χ2n) is 7.77. The largest absolute Gasteiger partial charge is 0.341 e. The summed E-state index contributed by atoms with van der Waals surface area (Å²) in [6.45, 7) is 3.51. The lowest BCUT2D eigenvalue weighted by Crippen LogP contribution is -2.51. The lowest BCUT2D eigenvalue weighted by atomic mass is 10.1. The second-order valence-corrected chi connectivity index (χ2v) is 12.1. The summed E-state index contributed by atoms with van der Waals surface area (Å²) in [5, 5.41) is 1.71. The van der Waals surface area contributed by atoms with Gasteiger partial charge in [-0.15, -0.1) is 22.7 Å². The van der Waals surface area contributed by atoms with Crippen LogP contribution in [0.15, 0.2) is 28.5 Å². The Hall–Kier alpha value is -1.46. The van der Waals surface area contributed by atoms with E-state index in [4.69, 9.17) is 11.6 Å². The quantitative estimate of drug-likeness (QED) is 0.657. The fourth-order valence-electron chi connectivity index (χ4n) is 4.08. The molecule has 0 saturated carbocycles. The third-order valence-electron chi connectivity index (χ3n) is 5.75. The third-order valence-corrected chi connectivity index (χ3v) is 9.71. The van der Waals surface area contributed by atoms with E-state index < -0.39 is 22.1 Å². The Bertz CT molecular complexity index is 1080. The fourth-order valence-corrected chi connectivity index (χ4v) is 8.00. The smallest absolute Gasteiger partial charge is 0.245 e. The Balaban J connectivity index is 1.46. The highest BCUT2D eigenvalue weighted by Crippen LogP contribution is 2.38. The summed E-state index contributed by atoms with van der Waals surface area (Å²) in [6, 6.07) is 3.58. The Morgan fingerprint density at radius 3 is 2.61 bits per heavy atom. The first kappa shape index (κ1) is 22.7. The van der Waals surface area contributed by atoms with E-state index in [9.17, 15) is 18.0 Å². The molecule has 0 spiro atoms. The van der Waals surface area contributed by atoms with E-state index >= 15 is 0 Å². The van der Waals surface area contributed by atoms with Crippen molar-refractivity contribution in [1.29, 1.82) is 0 Å². The average Bonchev–Trinajstić information content (AvgIpc) is 3.48. The number of piperidine rings is 1. The van der Waals surface area contributed by atoms with E-state index in [1.807, 2.05) is 4.90 Å². The van der Waals surface area contributed by atoms with Crippen molar-refractivity contribution in [2.75, 3.05) is 19.6 Å². The highest BCUT2D eigenvalue weighted by atomic mass is 35.5. The van der Waals surface area contributed by atoms with Crippen LogP contribution in [0.25, 0.3) is 9.75 Å². The van der Waals surface area contributed by atoms with Crippen molar-refractivity contribution in [3.05, 3.63) is 27.9 Å². The maximum absolute atomic E-state index is 13.1. The molecule has 7 nitrogen and oxygen atoms in total. The summed E-state index contributed by atoms with van der Waals surface area (Å²) >= 11 is 8.62. The first-order valence-corrected chi connectivity index (χ1v) is 13.8. The van der Waals surface area contributed by atoms with Crippen LogP contribution < -0.4 is 4.72 Å². The molecule has 2 aliphatic rings. The van der Waals surface area contributed by atoms with Gasteiger partial charge in [-0.05, 0) is 56.2 Å².